The van der Waals surface area contributed by atoms with Crippen LogP contribution in [-0.2, 0) is 11.2 Å². The van der Waals surface area contributed by atoms with E-state index in [1.54, 1.807) is 36.1 Å². The number of carbonyl (C=O) groups is 2. The fourth-order valence-electron chi connectivity index (χ4n) is 3.40. The maximum absolute atomic E-state index is 12.7. The first kappa shape index (κ1) is 16.7. The Hall–Kier alpha value is -2.79. The number of fused-ring (bicyclic) bond motifs is 2. The Bertz CT molecular complexity index is 1050. The lowest BCUT2D eigenvalue weighted by Gasteiger charge is -2.15. The van der Waals surface area contributed by atoms with Crippen LogP contribution >= 0.6 is 11.6 Å². The van der Waals surface area contributed by atoms with Gasteiger partial charge in [-0.15, -0.1) is 0 Å². The summed E-state index contributed by atoms with van der Waals surface area (Å²) in [6.45, 7) is 4.07. The van der Waals surface area contributed by atoms with E-state index in [9.17, 15) is 9.59 Å². The van der Waals surface area contributed by atoms with Crippen molar-refractivity contribution >= 4 is 45.8 Å². The van der Waals surface area contributed by atoms with Crippen molar-refractivity contribution in [2.24, 2.45) is 0 Å². The summed E-state index contributed by atoms with van der Waals surface area (Å²) in [4.78, 5) is 26.0. The van der Waals surface area contributed by atoms with Crippen LogP contribution in [-0.4, -0.2) is 18.4 Å². The molecule has 3 aromatic rings. The van der Waals surface area contributed by atoms with Crippen LogP contribution < -0.4 is 10.2 Å². The minimum Gasteiger partial charge on any atom is -0.451 e. The van der Waals surface area contributed by atoms with Gasteiger partial charge in [0.1, 0.15) is 5.58 Å². The zero-order chi connectivity index (χ0) is 18.4. The molecule has 132 valence electrons. The first-order chi connectivity index (χ1) is 12.4. The summed E-state index contributed by atoms with van der Waals surface area (Å²) in [7, 11) is 0. The predicted molar refractivity (Wildman–Crippen MR) is 102 cm³/mol. The van der Waals surface area contributed by atoms with Crippen molar-refractivity contribution in [2.45, 2.75) is 20.3 Å². The summed E-state index contributed by atoms with van der Waals surface area (Å²) >= 11 is 6.03. The van der Waals surface area contributed by atoms with E-state index in [2.05, 4.69) is 5.32 Å². The van der Waals surface area contributed by atoms with Crippen LogP contribution in [0, 0.1) is 6.92 Å². The molecule has 0 atom stereocenters. The van der Waals surface area contributed by atoms with Crippen LogP contribution in [0.1, 0.15) is 28.6 Å². The Morgan fingerprint density at radius 3 is 2.77 bits per heavy atom. The van der Waals surface area contributed by atoms with Crippen LogP contribution in [0.3, 0.4) is 0 Å². The SMILES string of the molecule is CC(=O)N1CCc2cc(NC(=O)c3oc4ccc(Cl)cc4c3C)ccc21. The maximum Gasteiger partial charge on any atom is 0.291 e. The molecule has 0 saturated heterocycles. The molecule has 4 rings (SSSR count). The number of furan rings is 1. The van der Waals surface area contributed by atoms with Gasteiger partial charge < -0.3 is 14.6 Å². The first-order valence-electron chi connectivity index (χ1n) is 8.35. The standard InChI is InChI=1S/C20H17ClN2O3/c1-11-16-10-14(21)3-6-18(16)26-19(11)20(25)22-15-4-5-17-13(9-15)7-8-23(17)12(2)24/h3-6,9-10H,7-8H2,1-2H3,(H,22,25). The Morgan fingerprint density at radius 2 is 2.00 bits per heavy atom. The number of aryl methyl sites for hydroxylation is 1. The summed E-state index contributed by atoms with van der Waals surface area (Å²) in [6.07, 6.45) is 0.779. The van der Waals surface area contributed by atoms with Crippen LogP contribution in [0.15, 0.2) is 40.8 Å². The average molecular weight is 369 g/mol. The molecule has 6 heteroatoms. The van der Waals surface area contributed by atoms with Crippen molar-refractivity contribution in [1.29, 1.82) is 0 Å². The van der Waals surface area contributed by atoms with Crippen molar-refractivity contribution in [1.82, 2.24) is 0 Å². The van der Waals surface area contributed by atoms with Crippen LogP contribution in [0.2, 0.25) is 5.02 Å². The number of carbonyl (C=O) groups excluding carboxylic acids is 2. The van der Waals surface area contributed by atoms with Gasteiger partial charge in [0.05, 0.1) is 0 Å². The second-order valence-corrected chi connectivity index (χ2v) is 6.85. The summed E-state index contributed by atoms with van der Waals surface area (Å²) in [5.74, 6) is -0.0126. The molecule has 5 nitrogen and oxygen atoms in total. The molecule has 0 aliphatic carbocycles. The lowest BCUT2D eigenvalue weighted by molar-refractivity contribution is -0.116. The van der Waals surface area contributed by atoms with Gasteiger partial charge in [0.25, 0.3) is 5.91 Å². The molecule has 26 heavy (non-hydrogen) atoms. The lowest BCUT2D eigenvalue weighted by Crippen LogP contribution is -2.25. The summed E-state index contributed by atoms with van der Waals surface area (Å²) < 4.78 is 5.71. The summed E-state index contributed by atoms with van der Waals surface area (Å²) in [6, 6.07) is 10.9. The Kier molecular flexibility index (Phi) is 3.96. The Balaban J connectivity index is 1.61. The molecule has 0 saturated carbocycles. The molecule has 0 spiro atoms. The molecular formula is C20H17ClN2O3. The smallest absolute Gasteiger partial charge is 0.291 e. The number of hydrogen-bond acceptors (Lipinski definition) is 3. The lowest BCUT2D eigenvalue weighted by atomic mass is 10.1. The van der Waals surface area contributed by atoms with Gasteiger partial charge in [0, 0.05) is 40.8 Å². The summed E-state index contributed by atoms with van der Waals surface area (Å²) in [5.41, 5.74) is 4.01. The van der Waals surface area contributed by atoms with Crippen molar-refractivity contribution < 1.29 is 14.0 Å². The first-order valence-corrected chi connectivity index (χ1v) is 8.73. The quantitative estimate of drug-likeness (QED) is 0.721. The van der Waals surface area contributed by atoms with Gasteiger partial charge in [-0.3, -0.25) is 9.59 Å². The number of rotatable bonds is 2. The number of nitrogens with one attached hydrogen (secondary N) is 1. The Morgan fingerprint density at radius 1 is 1.19 bits per heavy atom. The molecule has 0 radical (unpaired) electrons. The van der Waals surface area contributed by atoms with Gasteiger partial charge in [-0.05, 0) is 55.3 Å². The van der Waals surface area contributed by atoms with Gasteiger partial charge in [-0.1, -0.05) is 11.6 Å². The van der Waals surface area contributed by atoms with E-state index in [1.807, 2.05) is 19.1 Å². The van der Waals surface area contributed by atoms with Gasteiger partial charge in [-0.25, -0.2) is 0 Å². The molecule has 2 amide bonds. The van der Waals surface area contributed by atoms with E-state index in [0.717, 1.165) is 28.6 Å². The van der Waals surface area contributed by atoms with Gasteiger partial charge in [0.2, 0.25) is 5.91 Å². The highest BCUT2D eigenvalue weighted by Crippen LogP contribution is 2.32. The minimum absolute atomic E-state index is 0.0251. The second-order valence-electron chi connectivity index (χ2n) is 6.41. The van der Waals surface area contributed by atoms with Gasteiger partial charge >= 0.3 is 0 Å². The summed E-state index contributed by atoms with van der Waals surface area (Å²) in [5, 5.41) is 4.31. The predicted octanol–water partition coefficient (Wildman–Crippen LogP) is 4.56. The third kappa shape index (κ3) is 2.74. The van der Waals surface area contributed by atoms with Crippen LogP contribution in [0.25, 0.3) is 11.0 Å². The molecule has 2 heterocycles. The zero-order valence-corrected chi connectivity index (χ0v) is 15.2. The van der Waals surface area contributed by atoms with E-state index in [-0.39, 0.29) is 17.6 Å². The molecule has 2 aromatic carbocycles. The van der Waals surface area contributed by atoms with E-state index >= 15 is 0 Å². The van der Waals surface area contributed by atoms with E-state index in [1.165, 1.54) is 0 Å². The fourth-order valence-corrected chi connectivity index (χ4v) is 3.58. The number of nitrogens with zero attached hydrogens (tertiary/aromatic N) is 1. The van der Waals surface area contributed by atoms with Crippen LogP contribution in [0.5, 0.6) is 0 Å². The number of amides is 2. The minimum atomic E-state index is -0.309. The van der Waals surface area contributed by atoms with E-state index in [4.69, 9.17) is 16.0 Å². The van der Waals surface area contributed by atoms with Crippen molar-refractivity contribution in [3.8, 4) is 0 Å². The largest absolute Gasteiger partial charge is 0.451 e. The third-order valence-electron chi connectivity index (χ3n) is 4.72. The third-order valence-corrected chi connectivity index (χ3v) is 4.95. The van der Waals surface area contributed by atoms with Gasteiger partial charge in [-0.2, -0.15) is 0 Å². The molecule has 0 fully saturated rings. The second kappa shape index (κ2) is 6.18. The molecule has 1 N–H and O–H groups in total. The monoisotopic (exact) mass is 368 g/mol. The van der Waals surface area contributed by atoms with Crippen molar-refractivity contribution in [3.05, 3.63) is 58.3 Å². The molecule has 0 bridgehead atoms. The average Bonchev–Trinajstić information content (AvgIpc) is 3.16. The van der Waals surface area contributed by atoms with Crippen molar-refractivity contribution in [3.63, 3.8) is 0 Å². The number of halogens is 1. The number of hydrogen-bond donors (Lipinski definition) is 1. The normalized spacial score (nSPS) is 13.1. The van der Waals surface area contributed by atoms with E-state index in [0.29, 0.717) is 22.8 Å². The van der Waals surface area contributed by atoms with Gasteiger partial charge in [0.15, 0.2) is 5.76 Å². The molecule has 1 aromatic heterocycles. The maximum atomic E-state index is 12.7. The highest BCUT2D eigenvalue weighted by molar-refractivity contribution is 6.31. The number of anilines is 2. The number of benzene rings is 2. The van der Waals surface area contributed by atoms with Crippen molar-refractivity contribution in [2.75, 3.05) is 16.8 Å². The highest BCUT2D eigenvalue weighted by Gasteiger charge is 2.23. The highest BCUT2D eigenvalue weighted by atomic mass is 35.5. The zero-order valence-electron chi connectivity index (χ0n) is 14.4. The molecule has 0 unspecified atom stereocenters. The van der Waals surface area contributed by atoms with E-state index < -0.39 is 0 Å². The molecule has 1 aliphatic rings. The van der Waals surface area contributed by atoms with Crippen LogP contribution in [0.4, 0.5) is 11.4 Å². The topological polar surface area (TPSA) is 62.6 Å². The fraction of sp³-hybridized carbons (Fsp3) is 0.200. The molecule has 1 aliphatic heterocycles. The Labute approximate surface area is 155 Å². The molecular weight excluding hydrogens is 352 g/mol.